The van der Waals surface area contributed by atoms with Gasteiger partial charge in [0.05, 0.1) is 5.52 Å². The van der Waals surface area contributed by atoms with Crippen molar-refractivity contribution in [1.29, 1.82) is 0 Å². The number of amides is 1. The number of fused-ring (bicyclic) bond motifs is 1. The van der Waals surface area contributed by atoms with E-state index in [1.54, 1.807) is 18.5 Å². The number of hydrogen-bond acceptors (Lipinski definition) is 5. The number of carbonyl (C=O) groups is 1. The van der Waals surface area contributed by atoms with Gasteiger partial charge in [-0.05, 0) is 31.4 Å². The van der Waals surface area contributed by atoms with Gasteiger partial charge in [0.2, 0.25) is 0 Å². The van der Waals surface area contributed by atoms with Gasteiger partial charge in [0, 0.05) is 36.5 Å². The van der Waals surface area contributed by atoms with Gasteiger partial charge in [0.1, 0.15) is 11.8 Å². The Hall–Kier alpha value is -2.86. The highest BCUT2D eigenvalue weighted by Crippen LogP contribution is 2.24. The summed E-state index contributed by atoms with van der Waals surface area (Å²) in [6, 6.07) is 11.4. The van der Waals surface area contributed by atoms with Gasteiger partial charge in [-0.15, -0.1) is 0 Å². The fourth-order valence-electron chi connectivity index (χ4n) is 3.03. The molecule has 0 bridgehead atoms. The second-order valence-electron chi connectivity index (χ2n) is 6.38. The van der Waals surface area contributed by atoms with Crippen LogP contribution in [0.3, 0.4) is 0 Å². The van der Waals surface area contributed by atoms with Crippen molar-refractivity contribution in [1.82, 2.24) is 20.3 Å². The number of hydrogen-bond donors (Lipinski definition) is 1. The van der Waals surface area contributed by atoms with Gasteiger partial charge in [-0.25, -0.2) is 15.0 Å². The molecule has 26 heavy (non-hydrogen) atoms. The summed E-state index contributed by atoms with van der Waals surface area (Å²) >= 11 is 0. The Balaban J connectivity index is 1.38. The third-order valence-electron chi connectivity index (χ3n) is 4.48. The quantitative estimate of drug-likeness (QED) is 0.783. The van der Waals surface area contributed by atoms with Crippen LogP contribution in [-0.2, 0) is 11.3 Å². The predicted octanol–water partition coefficient (Wildman–Crippen LogP) is 3.20. The van der Waals surface area contributed by atoms with Gasteiger partial charge in [-0.3, -0.25) is 4.79 Å². The zero-order chi connectivity index (χ0) is 17.8. The number of para-hydroxylation sites is 1. The van der Waals surface area contributed by atoms with E-state index in [4.69, 9.17) is 4.74 Å². The Labute approximate surface area is 151 Å². The van der Waals surface area contributed by atoms with Gasteiger partial charge < -0.3 is 10.1 Å². The molecule has 1 aliphatic rings. The molecule has 1 fully saturated rings. The summed E-state index contributed by atoms with van der Waals surface area (Å²) in [5.41, 5.74) is 2.05. The molecule has 1 aromatic carbocycles. The number of benzene rings is 1. The van der Waals surface area contributed by atoms with E-state index in [2.05, 4.69) is 20.3 Å². The maximum Gasteiger partial charge on any atom is 0.270 e. The van der Waals surface area contributed by atoms with E-state index in [0.29, 0.717) is 12.2 Å². The van der Waals surface area contributed by atoms with Gasteiger partial charge in [0.15, 0.2) is 5.82 Å². The highest BCUT2D eigenvalue weighted by Gasteiger charge is 2.18. The second-order valence-corrected chi connectivity index (χ2v) is 6.38. The van der Waals surface area contributed by atoms with Gasteiger partial charge in [-0.1, -0.05) is 24.3 Å². The molecule has 6 heteroatoms. The molecule has 0 unspecified atom stereocenters. The molecule has 2 aromatic heterocycles. The van der Waals surface area contributed by atoms with Crippen molar-refractivity contribution in [3.05, 3.63) is 65.9 Å². The first-order valence-electron chi connectivity index (χ1n) is 8.86. The van der Waals surface area contributed by atoms with Crippen LogP contribution in [0.25, 0.3) is 10.9 Å². The predicted molar refractivity (Wildman–Crippen MR) is 97.5 cm³/mol. The normalized spacial score (nSPS) is 17.2. The fourth-order valence-corrected chi connectivity index (χ4v) is 3.03. The molecule has 1 amide bonds. The Morgan fingerprint density at radius 2 is 1.96 bits per heavy atom. The van der Waals surface area contributed by atoms with Crippen LogP contribution in [0.4, 0.5) is 0 Å². The maximum atomic E-state index is 12.3. The van der Waals surface area contributed by atoms with Crippen molar-refractivity contribution in [2.75, 3.05) is 6.61 Å². The third kappa shape index (κ3) is 3.70. The number of ether oxygens (including phenoxy) is 1. The lowest BCUT2D eigenvalue weighted by atomic mass is 10.1. The summed E-state index contributed by atoms with van der Waals surface area (Å²) in [6.45, 7) is 1.13. The van der Waals surface area contributed by atoms with E-state index >= 15 is 0 Å². The topological polar surface area (TPSA) is 77.0 Å². The number of rotatable bonds is 4. The molecule has 0 radical (unpaired) electrons. The first-order chi connectivity index (χ1) is 12.8. The van der Waals surface area contributed by atoms with Crippen molar-refractivity contribution in [3.8, 4) is 0 Å². The molecule has 132 valence electrons. The van der Waals surface area contributed by atoms with Gasteiger partial charge in [0.25, 0.3) is 5.91 Å². The van der Waals surface area contributed by atoms with Crippen LogP contribution in [0.2, 0.25) is 0 Å². The molecule has 6 nitrogen and oxygen atoms in total. The Morgan fingerprint density at radius 1 is 1.12 bits per heavy atom. The van der Waals surface area contributed by atoms with Crippen LogP contribution < -0.4 is 5.32 Å². The molecule has 0 spiro atoms. The number of nitrogens with one attached hydrogen (secondary N) is 1. The number of pyridine rings is 1. The standard InChI is InChI=1S/C20H20N4O2/c25-20(17-9-8-15-5-1-2-6-16(15)24-17)23-13-14-11-21-19(22-12-14)18-7-3-4-10-26-18/h1-2,5-6,8-9,11-12,18H,3-4,7,10,13H2,(H,23,25)/t18-/m1/s1. The molecule has 4 rings (SSSR count). The summed E-state index contributed by atoms with van der Waals surface area (Å²) in [4.78, 5) is 25.5. The Kier molecular flexibility index (Phi) is 4.84. The zero-order valence-corrected chi connectivity index (χ0v) is 14.4. The van der Waals surface area contributed by atoms with Crippen LogP contribution in [0.1, 0.15) is 47.2 Å². The number of carbonyl (C=O) groups excluding carboxylic acids is 1. The minimum Gasteiger partial charge on any atom is -0.370 e. The van der Waals surface area contributed by atoms with E-state index in [1.165, 1.54) is 0 Å². The Morgan fingerprint density at radius 3 is 2.77 bits per heavy atom. The van der Waals surface area contributed by atoms with Crippen molar-refractivity contribution in [3.63, 3.8) is 0 Å². The molecule has 0 saturated carbocycles. The van der Waals surface area contributed by atoms with E-state index < -0.39 is 0 Å². The molecule has 1 aliphatic heterocycles. The minimum absolute atomic E-state index is 0.00538. The third-order valence-corrected chi connectivity index (χ3v) is 4.48. The minimum atomic E-state index is -0.213. The van der Waals surface area contributed by atoms with E-state index in [9.17, 15) is 4.79 Å². The molecular weight excluding hydrogens is 328 g/mol. The van der Waals surface area contributed by atoms with Crippen molar-refractivity contribution >= 4 is 16.8 Å². The molecule has 3 heterocycles. The van der Waals surface area contributed by atoms with Crippen LogP contribution in [-0.4, -0.2) is 27.5 Å². The fraction of sp³-hybridized carbons (Fsp3) is 0.300. The molecule has 1 N–H and O–H groups in total. The lowest BCUT2D eigenvalue weighted by Gasteiger charge is -2.21. The first-order valence-corrected chi connectivity index (χ1v) is 8.86. The monoisotopic (exact) mass is 348 g/mol. The maximum absolute atomic E-state index is 12.3. The highest BCUT2D eigenvalue weighted by atomic mass is 16.5. The van der Waals surface area contributed by atoms with Crippen LogP contribution in [0.15, 0.2) is 48.8 Å². The summed E-state index contributed by atoms with van der Waals surface area (Å²) < 4.78 is 5.69. The average molecular weight is 348 g/mol. The SMILES string of the molecule is O=C(NCc1cnc([C@H]2CCCCO2)nc1)c1ccc2ccccc2n1. The lowest BCUT2D eigenvalue weighted by molar-refractivity contribution is 0.00940. The van der Waals surface area contributed by atoms with Crippen molar-refractivity contribution in [2.45, 2.75) is 31.9 Å². The molecule has 3 aromatic rings. The van der Waals surface area contributed by atoms with Gasteiger partial charge in [-0.2, -0.15) is 0 Å². The highest BCUT2D eigenvalue weighted by molar-refractivity contribution is 5.94. The van der Waals surface area contributed by atoms with Crippen molar-refractivity contribution in [2.24, 2.45) is 0 Å². The molecule has 1 atom stereocenters. The van der Waals surface area contributed by atoms with E-state index in [-0.39, 0.29) is 12.0 Å². The van der Waals surface area contributed by atoms with Crippen LogP contribution in [0, 0.1) is 0 Å². The average Bonchev–Trinajstić information content (AvgIpc) is 2.72. The van der Waals surface area contributed by atoms with E-state index in [1.807, 2.05) is 30.3 Å². The second kappa shape index (κ2) is 7.58. The summed E-state index contributed by atoms with van der Waals surface area (Å²) in [5, 5.41) is 3.88. The Bertz CT molecular complexity index is 905. The van der Waals surface area contributed by atoms with E-state index in [0.717, 1.165) is 48.2 Å². The molecule has 0 aliphatic carbocycles. The largest absolute Gasteiger partial charge is 0.370 e. The van der Waals surface area contributed by atoms with Crippen LogP contribution >= 0.6 is 0 Å². The first kappa shape index (κ1) is 16.6. The summed E-state index contributed by atoms with van der Waals surface area (Å²) in [6.07, 6.45) is 6.69. The number of aromatic nitrogens is 3. The van der Waals surface area contributed by atoms with Crippen molar-refractivity contribution < 1.29 is 9.53 Å². The summed E-state index contributed by atoms with van der Waals surface area (Å²) in [5.74, 6) is 0.506. The number of nitrogens with zero attached hydrogens (tertiary/aromatic N) is 3. The lowest BCUT2D eigenvalue weighted by Crippen LogP contribution is -2.24. The smallest absolute Gasteiger partial charge is 0.270 e. The summed E-state index contributed by atoms with van der Waals surface area (Å²) in [7, 11) is 0. The van der Waals surface area contributed by atoms with Crippen LogP contribution in [0.5, 0.6) is 0 Å². The van der Waals surface area contributed by atoms with Gasteiger partial charge >= 0.3 is 0 Å². The molecular formula is C20H20N4O2. The zero-order valence-electron chi connectivity index (χ0n) is 14.4. The molecule has 1 saturated heterocycles.